The molecule has 5 nitrogen and oxygen atoms in total. The zero-order valence-electron chi connectivity index (χ0n) is 11.0. The lowest BCUT2D eigenvalue weighted by Gasteiger charge is -1.96. The summed E-state index contributed by atoms with van der Waals surface area (Å²) in [5.74, 6) is 0. The van der Waals surface area contributed by atoms with Gasteiger partial charge in [-0.05, 0) is 19.4 Å². The third-order valence-corrected chi connectivity index (χ3v) is 2.94. The Hall–Kier alpha value is -2.43. The van der Waals surface area contributed by atoms with Crippen LogP contribution in [0.2, 0.25) is 0 Å². The molecule has 0 amide bonds. The third kappa shape index (κ3) is 1.93. The van der Waals surface area contributed by atoms with Crippen molar-refractivity contribution in [3.63, 3.8) is 0 Å². The Morgan fingerprint density at radius 2 is 2.42 bits per heavy atom. The molecule has 19 heavy (non-hydrogen) atoms. The summed E-state index contributed by atoms with van der Waals surface area (Å²) in [5, 5.41) is 3.16. The van der Waals surface area contributed by atoms with Gasteiger partial charge in [0, 0.05) is 5.57 Å². The largest absolute Gasteiger partial charge is 0.346 e. The van der Waals surface area contributed by atoms with Crippen LogP contribution in [0, 0.1) is 0 Å². The highest BCUT2D eigenvalue weighted by atomic mass is 15.5. The molecule has 3 aromatic heterocycles. The van der Waals surface area contributed by atoms with Crippen molar-refractivity contribution in [3.05, 3.63) is 48.6 Å². The first-order valence-electron chi connectivity index (χ1n) is 6.40. The van der Waals surface area contributed by atoms with Crippen LogP contribution in [0.25, 0.3) is 16.9 Å². The predicted octanol–water partition coefficient (Wildman–Crippen LogP) is 2.17. The summed E-state index contributed by atoms with van der Waals surface area (Å²) in [6.45, 7) is 4.12. The number of allylic oxidation sites excluding steroid dienone is 4. The SMILES string of the molecule is C/C=C\C(=C/CC)c1cnc2[nH]n3ccc[n+]3c2n1. The van der Waals surface area contributed by atoms with Crippen molar-refractivity contribution in [2.45, 2.75) is 20.3 Å². The number of nitrogens with one attached hydrogen (secondary N) is 1. The van der Waals surface area contributed by atoms with Crippen LogP contribution in [0.15, 0.2) is 42.9 Å². The Kier molecular flexibility index (Phi) is 2.87. The molecular weight excluding hydrogens is 238 g/mol. The lowest BCUT2D eigenvalue weighted by Crippen LogP contribution is -2.24. The van der Waals surface area contributed by atoms with E-state index in [0.717, 1.165) is 29.0 Å². The Bertz CT molecular complexity index is 775. The van der Waals surface area contributed by atoms with Crippen molar-refractivity contribution in [1.82, 2.24) is 19.7 Å². The van der Waals surface area contributed by atoms with Gasteiger partial charge >= 0.3 is 5.65 Å². The number of hydrogen-bond donors (Lipinski definition) is 1. The van der Waals surface area contributed by atoms with Crippen molar-refractivity contribution in [2.75, 3.05) is 0 Å². The van der Waals surface area contributed by atoms with Crippen LogP contribution < -0.4 is 4.52 Å². The van der Waals surface area contributed by atoms with Gasteiger partial charge in [0.25, 0.3) is 5.65 Å². The molecule has 5 heteroatoms. The van der Waals surface area contributed by atoms with E-state index in [1.54, 1.807) is 6.20 Å². The van der Waals surface area contributed by atoms with Gasteiger partial charge in [0.2, 0.25) is 0 Å². The van der Waals surface area contributed by atoms with E-state index < -0.39 is 0 Å². The minimum Gasteiger partial charge on any atom is -0.214 e. The predicted molar refractivity (Wildman–Crippen MR) is 73.6 cm³/mol. The zero-order valence-corrected chi connectivity index (χ0v) is 11.0. The molecule has 0 saturated heterocycles. The fourth-order valence-corrected chi connectivity index (χ4v) is 2.13. The van der Waals surface area contributed by atoms with Crippen LogP contribution >= 0.6 is 0 Å². The number of aromatic amines is 1. The van der Waals surface area contributed by atoms with Gasteiger partial charge in [-0.3, -0.25) is 0 Å². The van der Waals surface area contributed by atoms with Crippen LogP contribution in [0.1, 0.15) is 26.0 Å². The zero-order chi connectivity index (χ0) is 13.2. The molecule has 3 aromatic rings. The Morgan fingerprint density at radius 1 is 1.53 bits per heavy atom. The van der Waals surface area contributed by atoms with Crippen molar-refractivity contribution in [2.24, 2.45) is 0 Å². The first kappa shape index (κ1) is 11.6. The lowest BCUT2D eigenvalue weighted by atomic mass is 10.1. The second kappa shape index (κ2) is 4.68. The second-order valence-corrected chi connectivity index (χ2v) is 4.29. The normalized spacial score (nSPS) is 13.1. The smallest absolute Gasteiger partial charge is 0.214 e. The molecule has 96 valence electrons. The number of aromatic nitrogens is 5. The van der Waals surface area contributed by atoms with E-state index in [-0.39, 0.29) is 0 Å². The molecule has 1 N–H and O–H groups in total. The highest BCUT2D eigenvalue weighted by molar-refractivity contribution is 5.73. The quantitative estimate of drug-likeness (QED) is 0.575. The average molecular weight is 254 g/mol. The molecule has 0 fully saturated rings. The maximum absolute atomic E-state index is 4.70. The van der Waals surface area contributed by atoms with Gasteiger partial charge in [-0.25, -0.2) is 4.98 Å². The number of H-pyrrole nitrogens is 1. The minimum absolute atomic E-state index is 0.778. The summed E-state index contributed by atoms with van der Waals surface area (Å²) < 4.78 is 3.79. The summed E-state index contributed by atoms with van der Waals surface area (Å²) >= 11 is 0. The lowest BCUT2D eigenvalue weighted by molar-refractivity contribution is -0.594. The molecule has 3 heterocycles. The van der Waals surface area contributed by atoms with Crippen molar-refractivity contribution in [3.8, 4) is 0 Å². The maximum Gasteiger partial charge on any atom is 0.346 e. The van der Waals surface area contributed by atoms with Crippen LogP contribution in [-0.4, -0.2) is 19.7 Å². The van der Waals surface area contributed by atoms with Gasteiger partial charge in [-0.2, -0.15) is 5.10 Å². The van der Waals surface area contributed by atoms with Crippen LogP contribution in [0.4, 0.5) is 0 Å². The van der Waals surface area contributed by atoms with Gasteiger partial charge in [0.05, 0.1) is 18.6 Å². The fourth-order valence-electron chi connectivity index (χ4n) is 2.13. The van der Waals surface area contributed by atoms with E-state index >= 15 is 0 Å². The summed E-state index contributed by atoms with van der Waals surface area (Å²) in [4.78, 5) is 9.14. The molecule has 0 unspecified atom stereocenters. The highest BCUT2D eigenvalue weighted by Crippen LogP contribution is 2.15. The first-order valence-corrected chi connectivity index (χ1v) is 6.40. The van der Waals surface area contributed by atoms with Crippen LogP contribution in [0.3, 0.4) is 0 Å². The summed E-state index contributed by atoms with van der Waals surface area (Å²) in [5.41, 5.74) is 3.60. The monoisotopic (exact) mass is 254 g/mol. The van der Waals surface area contributed by atoms with Crippen molar-refractivity contribution in [1.29, 1.82) is 0 Å². The molecular formula is C14H16N5+. The molecule has 0 aliphatic carbocycles. The maximum atomic E-state index is 4.70. The van der Waals surface area contributed by atoms with E-state index in [1.165, 1.54) is 0 Å². The standard InChI is InChI=1S/C14H16N5/c1-3-6-11(7-4-2)12-10-15-13-14(16-12)18-8-5-9-19(18)17-13/h3,5-10H,4H2,1-2H3,(H,15,17)/q+1/b6-3-,11-7+. The fraction of sp³-hybridized carbons (Fsp3) is 0.214. The van der Waals surface area contributed by atoms with Crippen molar-refractivity contribution < 1.29 is 4.52 Å². The molecule has 3 rings (SSSR count). The Balaban J connectivity index is 2.21. The third-order valence-electron chi connectivity index (χ3n) is 2.94. The van der Waals surface area contributed by atoms with E-state index in [4.69, 9.17) is 4.98 Å². The number of fused-ring (bicyclic) bond motifs is 3. The second-order valence-electron chi connectivity index (χ2n) is 4.29. The van der Waals surface area contributed by atoms with E-state index in [1.807, 2.05) is 40.6 Å². The average Bonchev–Trinajstić information content (AvgIpc) is 2.98. The minimum atomic E-state index is 0.778. The molecule has 0 spiro atoms. The van der Waals surface area contributed by atoms with Gasteiger partial charge in [-0.1, -0.05) is 30.1 Å². The van der Waals surface area contributed by atoms with Crippen molar-refractivity contribution >= 4 is 16.9 Å². The summed E-state index contributed by atoms with van der Waals surface area (Å²) in [6, 6.07) is 1.96. The van der Waals surface area contributed by atoms with Crippen LogP contribution in [-0.2, 0) is 0 Å². The van der Waals surface area contributed by atoms with E-state index in [9.17, 15) is 0 Å². The molecule has 0 saturated carbocycles. The first-order chi connectivity index (χ1) is 9.33. The Labute approximate surface area is 110 Å². The number of nitrogens with zero attached hydrogens (tertiary/aromatic N) is 4. The molecule has 0 aliphatic heterocycles. The molecule has 0 atom stereocenters. The topological polar surface area (TPSA) is 50.1 Å². The summed E-state index contributed by atoms with van der Waals surface area (Å²) in [6.07, 6.45) is 12.9. The number of rotatable bonds is 3. The molecule has 0 aromatic carbocycles. The molecule has 0 bridgehead atoms. The van der Waals surface area contributed by atoms with E-state index in [0.29, 0.717) is 0 Å². The Morgan fingerprint density at radius 3 is 3.21 bits per heavy atom. The van der Waals surface area contributed by atoms with E-state index in [2.05, 4.69) is 29.2 Å². The highest BCUT2D eigenvalue weighted by Gasteiger charge is 2.15. The van der Waals surface area contributed by atoms with Gasteiger partial charge in [0.1, 0.15) is 0 Å². The van der Waals surface area contributed by atoms with Gasteiger partial charge in [0.15, 0.2) is 5.69 Å². The van der Waals surface area contributed by atoms with Crippen LogP contribution in [0.5, 0.6) is 0 Å². The van der Waals surface area contributed by atoms with Gasteiger partial charge in [-0.15, -0.1) is 9.15 Å². The van der Waals surface area contributed by atoms with Gasteiger partial charge < -0.3 is 0 Å². The summed E-state index contributed by atoms with van der Waals surface area (Å²) in [7, 11) is 0. The number of hydrogen-bond acceptors (Lipinski definition) is 2. The molecule has 0 radical (unpaired) electrons. The molecule has 0 aliphatic rings.